The van der Waals surface area contributed by atoms with Gasteiger partial charge in [0.2, 0.25) is 0 Å². The number of aldehydes is 1. The van der Waals surface area contributed by atoms with Gasteiger partial charge in [0.05, 0.1) is 5.56 Å². The predicted octanol–water partition coefficient (Wildman–Crippen LogP) is 3.84. The average molecular weight is 347 g/mol. The van der Waals surface area contributed by atoms with Crippen LogP contribution < -0.4 is 5.32 Å². The lowest BCUT2D eigenvalue weighted by molar-refractivity contribution is -0.123. The Morgan fingerprint density at radius 2 is 1.65 bits per heavy atom. The summed E-state index contributed by atoms with van der Waals surface area (Å²) in [7, 11) is 0. The summed E-state index contributed by atoms with van der Waals surface area (Å²) < 4.78 is 5.19. The van der Waals surface area contributed by atoms with Gasteiger partial charge in [-0.15, -0.1) is 0 Å². The molecule has 1 atom stereocenters. The lowest BCUT2D eigenvalue weighted by Gasteiger charge is -2.14. The number of fused-ring (bicyclic) bond motifs is 1. The lowest BCUT2D eigenvalue weighted by atomic mass is 10.1. The van der Waals surface area contributed by atoms with E-state index in [2.05, 4.69) is 5.32 Å². The minimum Gasteiger partial charge on any atom is -0.449 e. The molecule has 130 valence electrons. The van der Waals surface area contributed by atoms with E-state index in [1.807, 2.05) is 36.4 Å². The minimum absolute atomic E-state index is 0.279. The number of carbonyl (C=O) groups is 3. The summed E-state index contributed by atoms with van der Waals surface area (Å²) in [6.07, 6.45) is -0.269. The van der Waals surface area contributed by atoms with E-state index in [1.54, 1.807) is 6.07 Å². The van der Waals surface area contributed by atoms with Crippen molar-refractivity contribution in [3.63, 3.8) is 0 Å². The first-order valence-electron chi connectivity index (χ1n) is 8.13. The molecule has 1 amide bonds. The number of anilines is 1. The first-order valence-corrected chi connectivity index (χ1v) is 8.13. The van der Waals surface area contributed by atoms with Crippen LogP contribution in [0.4, 0.5) is 5.69 Å². The highest BCUT2D eigenvalue weighted by Crippen LogP contribution is 2.19. The molecule has 5 nitrogen and oxygen atoms in total. The van der Waals surface area contributed by atoms with Gasteiger partial charge in [-0.1, -0.05) is 42.5 Å². The minimum atomic E-state index is -0.959. The zero-order valence-corrected chi connectivity index (χ0v) is 14.1. The summed E-state index contributed by atoms with van der Waals surface area (Å²) in [5.41, 5.74) is 1.37. The van der Waals surface area contributed by atoms with Crippen molar-refractivity contribution in [2.45, 2.75) is 13.0 Å². The molecule has 26 heavy (non-hydrogen) atoms. The van der Waals surface area contributed by atoms with Gasteiger partial charge in [-0.05, 0) is 42.0 Å². The lowest BCUT2D eigenvalue weighted by Crippen LogP contribution is -2.30. The Labute approximate surface area is 150 Å². The van der Waals surface area contributed by atoms with Crippen LogP contribution in [0.2, 0.25) is 0 Å². The SMILES string of the molecule is C[C@H](OC(=O)c1ccc(C=O)cc1)C(=O)Nc1ccc2ccccc2c1. The molecule has 0 spiro atoms. The van der Waals surface area contributed by atoms with Crippen LogP contribution in [0.25, 0.3) is 10.8 Å². The maximum absolute atomic E-state index is 12.3. The van der Waals surface area contributed by atoms with Gasteiger partial charge in [-0.25, -0.2) is 4.79 Å². The molecule has 3 aromatic carbocycles. The molecule has 0 aromatic heterocycles. The molecule has 0 aliphatic carbocycles. The summed E-state index contributed by atoms with van der Waals surface area (Å²) in [6, 6.07) is 19.4. The van der Waals surface area contributed by atoms with Gasteiger partial charge < -0.3 is 10.1 Å². The quantitative estimate of drug-likeness (QED) is 0.562. The van der Waals surface area contributed by atoms with Crippen molar-refractivity contribution >= 4 is 34.6 Å². The van der Waals surface area contributed by atoms with Gasteiger partial charge in [0.15, 0.2) is 6.10 Å². The van der Waals surface area contributed by atoms with Crippen molar-refractivity contribution in [2.24, 2.45) is 0 Å². The first-order chi connectivity index (χ1) is 12.6. The Morgan fingerprint density at radius 1 is 0.962 bits per heavy atom. The normalized spacial score (nSPS) is 11.6. The summed E-state index contributed by atoms with van der Waals surface area (Å²) in [6.45, 7) is 1.51. The molecular formula is C21H17NO4. The molecule has 0 fully saturated rings. The van der Waals surface area contributed by atoms with Gasteiger partial charge in [0.25, 0.3) is 5.91 Å². The number of esters is 1. The van der Waals surface area contributed by atoms with Crippen molar-refractivity contribution < 1.29 is 19.1 Å². The van der Waals surface area contributed by atoms with Crippen molar-refractivity contribution in [2.75, 3.05) is 5.32 Å². The van der Waals surface area contributed by atoms with Gasteiger partial charge in [0.1, 0.15) is 6.29 Å². The zero-order chi connectivity index (χ0) is 18.5. The number of nitrogens with one attached hydrogen (secondary N) is 1. The summed E-state index contributed by atoms with van der Waals surface area (Å²) in [4.78, 5) is 35.0. The Morgan fingerprint density at radius 3 is 2.35 bits per heavy atom. The number of rotatable bonds is 5. The average Bonchev–Trinajstić information content (AvgIpc) is 2.67. The third-order valence-electron chi connectivity index (χ3n) is 3.95. The Bertz CT molecular complexity index is 963. The molecular weight excluding hydrogens is 330 g/mol. The van der Waals surface area contributed by atoms with E-state index in [0.717, 1.165) is 10.8 Å². The van der Waals surface area contributed by atoms with Crippen LogP contribution >= 0.6 is 0 Å². The van der Waals surface area contributed by atoms with Crippen LogP contribution in [0.3, 0.4) is 0 Å². The van der Waals surface area contributed by atoms with Crippen LogP contribution in [0, 0.1) is 0 Å². The topological polar surface area (TPSA) is 72.5 Å². The fourth-order valence-electron chi connectivity index (χ4n) is 2.49. The molecule has 0 saturated carbocycles. The monoisotopic (exact) mass is 347 g/mol. The molecule has 3 rings (SSSR count). The fourth-order valence-corrected chi connectivity index (χ4v) is 2.49. The molecule has 0 unspecified atom stereocenters. The molecule has 0 aliphatic rings. The van der Waals surface area contributed by atoms with Gasteiger partial charge in [-0.3, -0.25) is 9.59 Å². The molecule has 0 saturated heterocycles. The van der Waals surface area contributed by atoms with E-state index in [9.17, 15) is 14.4 Å². The van der Waals surface area contributed by atoms with Crippen LogP contribution in [0.1, 0.15) is 27.6 Å². The van der Waals surface area contributed by atoms with E-state index in [-0.39, 0.29) is 5.56 Å². The third kappa shape index (κ3) is 3.95. The highest BCUT2D eigenvalue weighted by atomic mass is 16.5. The Kier molecular flexibility index (Phi) is 5.08. The number of hydrogen-bond acceptors (Lipinski definition) is 4. The second-order valence-corrected chi connectivity index (χ2v) is 5.84. The molecule has 0 bridgehead atoms. The van der Waals surface area contributed by atoms with Crippen molar-refractivity contribution in [3.8, 4) is 0 Å². The maximum Gasteiger partial charge on any atom is 0.338 e. The number of carbonyl (C=O) groups excluding carboxylic acids is 3. The van der Waals surface area contributed by atoms with Crippen molar-refractivity contribution in [3.05, 3.63) is 77.9 Å². The second kappa shape index (κ2) is 7.61. The first kappa shape index (κ1) is 17.4. The van der Waals surface area contributed by atoms with E-state index in [0.29, 0.717) is 17.5 Å². The van der Waals surface area contributed by atoms with E-state index >= 15 is 0 Å². The molecule has 0 radical (unpaired) electrons. The van der Waals surface area contributed by atoms with Gasteiger partial charge in [0, 0.05) is 11.3 Å². The third-order valence-corrected chi connectivity index (χ3v) is 3.95. The summed E-state index contributed by atoms with van der Waals surface area (Å²) in [5, 5.41) is 4.82. The van der Waals surface area contributed by atoms with Gasteiger partial charge in [-0.2, -0.15) is 0 Å². The van der Waals surface area contributed by atoms with Crippen LogP contribution in [-0.2, 0) is 9.53 Å². The molecule has 0 heterocycles. The number of amides is 1. The van der Waals surface area contributed by atoms with E-state index in [1.165, 1.54) is 31.2 Å². The van der Waals surface area contributed by atoms with Crippen molar-refractivity contribution in [1.82, 2.24) is 0 Å². The van der Waals surface area contributed by atoms with Gasteiger partial charge >= 0.3 is 5.97 Å². The standard InChI is InChI=1S/C21H17NO4/c1-14(26-21(25)17-8-6-15(13-23)7-9-17)20(24)22-19-11-10-16-4-2-3-5-18(16)12-19/h2-14H,1H3,(H,22,24)/t14-/m0/s1. The van der Waals surface area contributed by atoms with E-state index < -0.39 is 18.0 Å². The summed E-state index contributed by atoms with van der Waals surface area (Å²) >= 11 is 0. The fraction of sp³-hybridized carbons (Fsp3) is 0.0952. The zero-order valence-electron chi connectivity index (χ0n) is 14.1. The van der Waals surface area contributed by atoms with Crippen molar-refractivity contribution in [1.29, 1.82) is 0 Å². The smallest absolute Gasteiger partial charge is 0.338 e. The number of benzene rings is 3. The largest absolute Gasteiger partial charge is 0.449 e. The molecule has 3 aromatic rings. The Hall–Kier alpha value is -3.47. The van der Waals surface area contributed by atoms with E-state index in [4.69, 9.17) is 4.74 Å². The molecule has 5 heteroatoms. The van der Waals surface area contributed by atoms with Crippen LogP contribution in [0.5, 0.6) is 0 Å². The Balaban J connectivity index is 1.64. The molecule has 1 N–H and O–H groups in total. The second-order valence-electron chi connectivity index (χ2n) is 5.84. The molecule has 0 aliphatic heterocycles. The maximum atomic E-state index is 12.3. The predicted molar refractivity (Wildman–Crippen MR) is 99.3 cm³/mol. The number of ether oxygens (including phenoxy) is 1. The van der Waals surface area contributed by atoms with Crippen LogP contribution in [-0.4, -0.2) is 24.3 Å². The highest BCUT2D eigenvalue weighted by molar-refractivity contribution is 5.99. The summed E-state index contributed by atoms with van der Waals surface area (Å²) in [5.74, 6) is -1.04. The number of hydrogen-bond donors (Lipinski definition) is 1. The highest BCUT2D eigenvalue weighted by Gasteiger charge is 2.19. The van der Waals surface area contributed by atoms with Crippen LogP contribution in [0.15, 0.2) is 66.7 Å².